The van der Waals surface area contributed by atoms with Crippen LogP contribution in [0, 0.1) is 0 Å². The highest BCUT2D eigenvalue weighted by atomic mass is 32.2. The van der Waals surface area contributed by atoms with Crippen molar-refractivity contribution in [1.82, 2.24) is 0 Å². The molecule has 0 spiro atoms. The van der Waals surface area contributed by atoms with Gasteiger partial charge >= 0.3 is 12.1 Å². The van der Waals surface area contributed by atoms with Crippen LogP contribution in [0.4, 0.5) is 13.2 Å². The van der Waals surface area contributed by atoms with Crippen molar-refractivity contribution in [2.24, 2.45) is 0 Å². The molecule has 0 unspecified atom stereocenters. The molecule has 0 atom stereocenters. The maximum absolute atomic E-state index is 11.8. The van der Waals surface area contributed by atoms with E-state index in [4.69, 9.17) is 0 Å². The molecule has 0 saturated carbocycles. The van der Waals surface area contributed by atoms with E-state index in [1.807, 2.05) is 6.07 Å². The first-order chi connectivity index (χ1) is 7.89. The van der Waals surface area contributed by atoms with E-state index in [1.165, 1.54) is 0 Å². The van der Waals surface area contributed by atoms with Gasteiger partial charge in [0.15, 0.2) is 0 Å². The molecule has 6 heteroatoms. The Kier molecular flexibility index (Phi) is 4.62. The summed E-state index contributed by atoms with van der Waals surface area (Å²) in [4.78, 5) is 11.6. The molecule has 0 aliphatic carbocycles. The van der Waals surface area contributed by atoms with E-state index in [-0.39, 0.29) is 0 Å². The Balaban J connectivity index is 2.39. The maximum atomic E-state index is 11.8. The Morgan fingerprint density at radius 1 is 1.29 bits per heavy atom. The minimum atomic E-state index is -4.96. The maximum Gasteiger partial charge on any atom is 0.490 e. The normalized spacial score (nSPS) is 11.0. The van der Waals surface area contributed by atoms with E-state index >= 15 is 0 Å². The minimum Gasteiger partial charge on any atom is -0.454 e. The lowest BCUT2D eigenvalue weighted by Gasteiger charge is -2.08. The average Bonchev–Trinajstić information content (AvgIpc) is 2.26. The molecule has 0 aliphatic rings. The summed E-state index contributed by atoms with van der Waals surface area (Å²) in [6, 6.07) is 8.95. The molecule has 0 saturated heterocycles. The second kappa shape index (κ2) is 5.77. The zero-order chi connectivity index (χ0) is 12.9. The number of alkyl halides is 3. The van der Waals surface area contributed by atoms with Crippen molar-refractivity contribution in [3.8, 4) is 0 Å². The van der Waals surface area contributed by atoms with Crippen LogP contribution < -0.4 is 0 Å². The fraction of sp³-hybridized carbons (Fsp3) is 0.182. The molecule has 92 valence electrons. The van der Waals surface area contributed by atoms with Gasteiger partial charge in [-0.15, -0.1) is 0 Å². The lowest BCUT2D eigenvalue weighted by Crippen LogP contribution is -2.25. The summed E-state index contributed by atoms with van der Waals surface area (Å²) < 4.78 is 39.5. The van der Waals surface area contributed by atoms with E-state index < -0.39 is 18.8 Å². The molecule has 1 aromatic carbocycles. The SMILES string of the molecule is C=C(COC(=O)C(F)(F)F)Sc1ccccc1. The Labute approximate surface area is 100 Å². The number of thioether (sulfide) groups is 1. The van der Waals surface area contributed by atoms with Gasteiger partial charge in [-0.1, -0.05) is 36.5 Å². The van der Waals surface area contributed by atoms with Crippen LogP contribution in [0.3, 0.4) is 0 Å². The van der Waals surface area contributed by atoms with Crippen LogP contribution in [0.5, 0.6) is 0 Å². The Morgan fingerprint density at radius 2 is 1.88 bits per heavy atom. The van der Waals surface area contributed by atoms with Gasteiger partial charge in [-0.05, 0) is 12.1 Å². The summed E-state index contributed by atoms with van der Waals surface area (Å²) >= 11 is 1.16. The summed E-state index contributed by atoms with van der Waals surface area (Å²) in [6.07, 6.45) is -4.96. The smallest absolute Gasteiger partial charge is 0.454 e. The van der Waals surface area contributed by atoms with Crippen molar-refractivity contribution in [2.45, 2.75) is 11.1 Å². The Bertz CT molecular complexity index is 401. The second-order valence-corrected chi connectivity index (χ2v) is 4.28. The summed E-state index contributed by atoms with van der Waals surface area (Å²) in [5.74, 6) is -2.20. The molecule has 2 nitrogen and oxygen atoms in total. The lowest BCUT2D eigenvalue weighted by atomic mass is 10.4. The predicted octanol–water partition coefficient (Wildman–Crippen LogP) is 3.40. The summed E-state index contributed by atoms with van der Waals surface area (Å²) in [7, 11) is 0. The largest absolute Gasteiger partial charge is 0.490 e. The number of ether oxygens (including phenoxy) is 1. The van der Waals surface area contributed by atoms with E-state index in [0.717, 1.165) is 16.7 Å². The van der Waals surface area contributed by atoms with Crippen molar-refractivity contribution in [1.29, 1.82) is 0 Å². The van der Waals surface area contributed by atoms with Crippen molar-refractivity contribution in [3.05, 3.63) is 41.8 Å². The summed E-state index contributed by atoms with van der Waals surface area (Å²) in [5, 5.41) is 0. The highest BCUT2D eigenvalue weighted by molar-refractivity contribution is 8.03. The topological polar surface area (TPSA) is 26.3 Å². The molecule has 1 aromatic rings. The van der Waals surface area contributed by atoms with Gasteiger partial charge in [-0.2, -0.15) is 13.2 Å². The first-order valence-electron chi connectivity index (χ1n) is 4.54. The van der Waals surface area contributed by atoms with Gasteiger partial charge in [0.1, 0.15) is 6.61 Å². The number of carbonyl (C=O) groups excluding carboxylic acids is 1. The molecule has 0 radical (unpaired) electrons. The van der Waals surface area contributed by atoms with Gasteiger partial charge in [-0.3, -0.25) is 0 Å². The second-order valence-electron chi connectivity index (χ2n) is 3.03. The summed E-state index contributed by atoms with van der Waals surface area (Å²) in [6.45, 7) is 3.06. The van der Waals surface area contributed by atoms with Gasteiger partial charge in [0.05, 0.1) is 0 Å². The molecule has 0 aromatic heterocycles. The first-order valence-corrected chi connectivity index (χ1v) is 5.36. The molecular weight excluding hydrogens is 253 g/mol. The molecule has 0 heterocycles. The number of esters is 1. The van der Waals surface area contributed by atoms with Gasteiger partial charge < -0.3 is 4.74 Å². The monoisotopic (exact) mass is 262 g/mol. The van der Waals surface area contributed by atoms with E-state index in [0.29, 0.717) is 4.91 Å². The van der Waals surface area contributed by atoms with E-state index in [9.17, 15) is 18.0 Å². The number of benzene rings is 1. The first kappa shape index (κ1) is 13.6. The third kappa shape index (κ3) is 4.95. The molecule has 0 amide bonds. The van der Waals surface area contributed by atoms with Crippen LogP contribution >= 0.6 is 11.8 Å². The number of carbonyl (C=O) groups is 1. The minimum absolute atomic E-state index is 0.328. The molecule has 0 N–H and O–H groups in total. The van der Waals surface area contributed by atoms with Crippen LogP contribution in [0.15, 0.2) is 46.7 Å². The number of rotatable bonds is 4. The average molecular weight is 262 g/mol. The fourth-order valence-corrected chi connectivity index (χ4v) is 1.66. The standard InChI is InChI=1S/C11H9F3O2S/c1-8(7-16-10(15)11(12,13)14)17-9-5-3-2-4-6-9/h2-6H,1,7H2. The predicted molar refractivity (Wildman–Crippen MR) is 58.5 cm³/mol. The summed E-state index contributed by atoms with van der Waals surface area (Å²) in [5.41, 5.74) is 0. The third-order valence-corrected chi connectivity index (χ3v) is 2.52. The zero-order valence-electron chi connectivity index (χ0n) is 8.66. The molecule has 0 aliphatic heterocycles. The van der Waals surface area contributed by atoms with Gasteiger partial charge in [0.25, 0.3) is 0 Å². The molecule has 17 heavy (non-hydrogen) atoms. The van der Waals surface area contributed by atoms with Crippen LogP contribution in [0.25, 0.3) is 0 Å². The molecule has 1 rings (SSSR count). The third-order valence-electron chi connectivity index (χ3n) is 1.60. The van der Waals surface area contributed by atoms with Crippen molar-refractivity contribution >= 4 is 17.7 Å². The Morgan fingerprint density at radius 3 is 2.41 bits per heavy atom. The van der Waals surface area contributed by atoms with E-state index in [2.05, 4.69) is 11.3 Å². The number of hydrogen-bond donors (Lipinski definition) is 0. The van der Waals surface area contributed by atoms with Gasteiger partial charge in [-0.25, -0.2) is 4.79 Å². The quantitative estimate of drug-likeness (QED) is 0.614. The van der Waals surface area contributed by atoms with Crippen molar-refractivity contribution in [2.75, 3.05) is 6.61 Å². The van der Waals surface area contributed by atoms with Crippen LogP contribution in [-0.4, -0.2) is 18.8 Å². The lowest BCUT2D eigenvalue weighted by molar-refractivity contribution is -0.198. The highest BCUT2D eigenvalue weighted by Gasteiger charge is 2.40. The Hall–Kier alpha value is -1.43. The number of hydrogen-bond acceptors (Lipinski definition) is 3. The van der Waals surface area contributed by atoms with E-state index in [1.54, 1.807) is 24.3 Å². The zero-order valence-corrected chi connectivity index (χ0v) is 9.48. The van der Waals surface area contributed by atoms with Crippen molar-refractivity contribution < 1.29 is 22.7 Å². The van der Waals surface area contributed by atoms with Gasteiger partial charge in [0.2, 0.25) is 0 Å². The molecule has 0 bridgehead atoms. The van der Waals surface area contributed by atoms with Gasteiger partial charge in [0, 0.05) is 9.80 Å². The van der Waals surface area contributed by atoms with Crippen LogP contribution in [0.1, 0.15) is 0 Å². The van der Waals surface area contributed by atoms with Crippen LogP contribution in [-0.2, 0) is 9.53 Å². The van der Waals surface area contributed by atoms with Crippen molar-refractivity contribution in [3.63, 3.8) is 0 Å². The van der Waals surface area contributed by atoms with Crippen LogP contribution in [0.2, 0.25) is 0 Å². The highest BCUT2D eigenvalue weighted by Crippen LogP contribution is 2.25. The number of halogens is 3. The fourth-order valence-electron chi connectivity index (χ4n) is 0.913. The molecular formula is C11H9F3O2S. The molecule has 0 fully saturated rings.